The molecule has 4 rings (SSSR count). The maximum atomic E-state index is 13.2. The second-order valence-corrected chi connectivity index (χ2v) is 9.85. The highest BCUT2D eigenvalue weighted by Crippen LogP contribution is 2.37. The summed E-state index contributed by atoms with van der Waals surface area (Å²) in [5, 5.41) is 15.9. The minimum atomic E-state index is -0.548. The number of rotatable bonds is 6. The molecule has 0 atom stereocenters. The van der Waals surface area contributed by atoms with Gasteiger partial charge in [0.25, 0.3) is 11.2 Å². The Bertz CT molecular complexity index is 1510. The Hall–Kier alpha value is -3.15. The van der Waals surface area contributed by atoms with E-state index in [-0.39, 0.29) is 33.8 Å². The normalized spacial score (nSPS) is 11.5. The molecule has 0 fully saturated rings. The number of ether oxygens (including phenoxy) is 1. The predicted octanol–water partition coefficient (Wildman–Crippen LogP) is 6.68. The largest absolute Gasteiger partial charge is 0.436 e. The Labute approximate surface area is 220 Å². The number of nitrogens with zero attached hydrogens (tertiary/aromatic N) is 5. The average Bonchev–Trinajstić information content (AvgIpc) is 2.81. The van der Waals surface area contributed by atoms with Gasteiger partial charge in [-0.3, -0.25) is 14.9 Å². The Morgan fingerprint density at radius 1 is 1.20 bits per heavy atom. The third-order valence-electron chi connectivity index (χ3n) is 4.83. The number of fused-ring (bicyclic) bond motifs is 1. The van der Waals surface area contributed by atoms with Gasteiger partial charge >= 0.3 is 0 Å². The molecule has 4 aromatic rings. The van der Waals surface area contributed by atoms with Crippen molar-refractivity contribution in [1.82, 2.24) is 14.6 Å². The van der Waals surface area contributed by atoms with E-state index in [4.69, 9.17) is 16.3 Å². The zero-order valence-corrected chi connectivity index (χ0v) is 22.2. The first-order valence-corrected chi connectivity index (χ1v) is 12.1. The molecule has 2 aromatic carbocycles. The average molecular weight is 622 g/mol. The minimum Gasteiger partial charge on any atom is -0.436 e. The van der Waals surface area contributed by atoms with E-state index in [0.29, 0.717) is 26.8 Å². The fourth-order valence-corrected chi connectivity index (χ4v) is 4.47. The SMILES string of the molecule is CC(C)c1nc2ccc(Br)cc2c(=O)n1N=Cc1cc(Cl)c(Oc2ccc([N+](=O)[O-])cn2)c(Br)c1. The molecule has 0 N–H and O–H groups in total. The lowest BCUT2D eigenvalue weighted by atomic mass is 10.2. The highest BCUT2D eigenvalue weighted by atomic mass is 79.9. The van der Waals surface area contributed by atoms with E-state index in [1.807, 2.05) is 19.9 Å². The van der Waals surface area contributed by atoms with Gasteiger partial charge in [-0.1, -0.05) is 41.4 Å². The molecule has 0 aliphatic carbocycles. The van der Waals surface area contributed by atoms with E-state index in [2.05, 4.69) is 46.9 Å². The third-order valence-corrected chi connectivity index (χ3v) is 6.19. The molecule has 2 heterocycles. The number of hydrogen-bond donors (Lipinski definition) is 0. The second kappa shape index (κ2) is 10.2. The van der Waals surface area contributed by atoms with Gasteiger partial charge in [-0.25, -0.2) is 9.97 Å². The van der Waals surface area contributed by atoms with Crippen molar-refractivity contribution in [3.05, 3.63) is 94.5 Å². The first kappa shape index (κ1) is 25.0. The molecule has 0 bridgehead atoms. The van der Waals surface area contributed by atoms with Gasteiger partial charge < -0.3 is 4.74 Å². The molecule has 178 valence electrons. The van der Waals surface area contributed by atoms with Crippen LogP contribution in [0.25, 0.3) is 10.9 Å². The number of nitro groups is 1. The summed E-state index contributed by atoms with van der Waals surface area (Å²) in [5.74, 6) is 0.896. The van der Waals surface area contributed by atoms with Crippen LogP contribution in [0.5, 0.6) is 11.6 Å². The van der Waals surface area contributed by atoms with E-state index >= 15 is 0 Å². The van der Waals surface area contributed by atoms with Crippen LogP contribution in [0.1, 0.15) is 31.2 Å². The summed E-state index contributed by atoms with van der Waals surface area (Å²) < 4.78 is 8.25. The molecule has 0 amide bonds. The van der Waals surface area contributed by atoms with Crippen LogP contribution in [0, 0.1) is 10.1 Å². The summed E-state index contributed by atoms with van der Waals surface area (Å²) in [5.41, 5.74) is 0.758. The van der Waals surface area contributed by atoms with Crippen molar-refractivity contribution in [2.24, 2.45) is 5.10 Å². The van der Waals surface area contributed by atoms with Crippen molar-refractivity contribution in [2.75, 3.05) is 0 Å². The van der Waals surface area contributed by atoms with Gasteiger partial charge in [0, 0.05) is 22.5 Å². The summed E-state index contributed by atoms with van der Waals surface area (Å²) in [4.78, 5) is 32.0. The van der Waals surface area contributed by atoms with E-state index < -0.39 is 4.92 Å². The fourth-order valence-electron chi connectivity index (χ4n) is 3.17. The zero-order valence-electron chi connectivity index (χ0n) is 18.3. The van der Waals surface area contributed by atoms with Gasteiger partial charge in [0.1, 0.15) is 12.0 Å². The molecule has 35 heavy (non-hydrogen) atoms. The maximum absolute atomic E-state index is 13.2. The topological polar surface area (TPSA) is 113 Å². The molecule has 0 radical (unpaired) electrons. The molecule has 0 aliphatic rings. The highest BCUT2D eigenvalue weighted by Gasteiger charge is 2.15. The number of hydrogen-bond acceptors (Lipinski definition) is 7. The molecular weight excluding hydrogens is 606 g/mol. The number of pyridine rings is 1. The van der Waals surface area contributed by atoms with Gasteiger partial charge in [-0.05, 0) is 51.8 Å². The lowest BCUT2D eigenvalue weighted by Crippen LogP contribution is -2.23. The minimum absolute atomic E-state index is 0.0480. The summed E-state index contributed by atoms with van der Waals surface area (Å²) >= 11 is 13.2. The molecule has 0 saturated heterocycles. The molecular formula is C23H16Br2ClN5O4. The van der Waals surface area contributed by atoms with Crippen LogP contribution in [0.15, 0.2) is 67.5 Å². The molecule has 9 nitrogen and oxygen atoms in total. The second-order valence-electron chi connectivity index (χ2n) is 7.68. The predicted molar refractivity (Wildman–Crippen MR) is 141 cm³/mol. The van der Waals surface area contributed by atoms with E-state index in [9.17, 15) is 14.9 Å². The van der Waals surface area contributed by atoms with Gasteiger partial charge in [0.15, 0.2) is 5.75 Å². The summed E-state index contributed by atoms with van der Waals surface area (Å²) in [6, 6.07) is 11.3. The number of halogens is 3. The van der Waals surface area contributed by atoms with Crippen LogP contribution in [0.2, 0.25) is 5.02 Å². The molecule has 12 heteroatoms. The van der Waals surface area contributed by atoms with E-state index in [0.717, 1.165) is 10.7 Å². The quantitative estimate of drug-likeness (QED) is 0.135. The fraction of sp³-hybridized carbons (Fsp3) is 0.130. The Balaban J connectivity index is 1.68. The van der Waals surface area contributed by atoms with Gasteiger partial charge in [0.2, 0.25) is 5.88 Å². The summed E-state index contributed by atoms with van der Waals surface area (Å²) in [6.07, 6.45) is 2.60. The van der Waals surface area contributed by atoms with Crippen LogP contribution < -0.4 is 10.3 Å². The van der Waals surface area contributed by atoms with Crippen molar-refractivity contribution in [1.29, 1.82) is 0 Å². The molecule has 0 saturated carbocycles. The monoisotopic (exact) mass is 619 g/mol. The Morgan fingerprint density at radius 2 is 1.97 bits per heavy atom. The molecule has 2 aromatic heterocycles. The smallest absolute Gasteiger partial charge is 0.287 e. The lowest BCUT2D eigenvalue weighted by molar-refractivity contribution is -0.385. The van der Waals surface area contributed by atoms with Crippen LogP contribution >= 0.6 is 43.5 Å². The highest BCUT2D eigenvalue weighted by molar-refractivity contribution is 9.10. The van der Waals surface area contributed by atoms with Crippen LogP contribution in [0.3, 0.4) is 0 Å². The van der Waals surface area contributed by atoms with E-state index in [1.165, 1.54) is 23.0 Å². The Morgan fingerprint density at radius 3 is 2.60 bits per heavy atom. The van der Waals surface area contributed by atoms with Crippen LogP contribution in [-0.4, -0.2) is 25.8 Å². The van der Waals surface area contributed by atoms with Crippen molar-refractivity contribution in [3.8, 4) is 11.6 Å². The van der Waals surface area contributed by atoms with Crippen molar-refractivity contribution in [2.45, 2.75) is 19.8 Å². The summed E-state index contributed by atoms with van der Waals surface area (Å²) in [7, 11) is 0. The third kappa shape index (κ3) is 5.42. The van der Waals surface area contributed by atoms with Gasteiger partial charge in [-0.2, -0.15) is 9.78 Å². The summed E-state index contributed by atoms with van der Waals surface area (Å²) in [6.45, 7) is 3.87. The Kier molecular flexibility index (Phi) is 7.29. The van der Waals surface area contributed by atoms with Gasteiger partial charge in [-0.15, -0.1) is 0 Å². The van der Waals surface area contributed by atoms with Crippen molar-refractivity contribution in [3.63, 3.8) is 0 Å². The van der Waals surface area contributed by atoms with Gasteiger partial charge in [0.05, 0.1) is 31.5 Å². The zero-order chi connectivity index (χ0) is 25.3. The number of benzene rings is 2. The standard InChI is InChI=1S/C23H16Br2ClN5O4/c1-12(2)22-29-19-5-3-14(24)9-16(19)23(32)30(22)28-10-13-7-17(25)21(18(26)8-13)35-20-6-4-15(11-27-20)31(33)34/h3-12H,1-2H3. The van der Waals surface area contributed by atoms with E-state index in [1.54, 1.807) is 24.3 Å². The first-order valence-electron chi connectivity index (χ1n) is 10.2. The lowest BCUT2D eigenvalue weighted by Gasteiger charge is -2.12. The molecule has 0 aliphatic heterocycles. The van der Waals surface area contributed by atoms with Crippen LogP contribution in [0.4, 0.5) is 5.69 Å². The maximum Gasteiger partial charge on any atom is 0.287 e. The van der Waals surface area contributed by atoms with Crippen molar-refractivity contribution < 1.29 is 9.66 Å². The number of aromatic nitrogens is 3. The first-order chi connectivity index (χ1) is 16.6. The van der Waals surface area contributed by atoms with Crippen molar-refractivity contribution >= 4 is 66.3 Å². The molecule has 0 spiro atoms. The van der Waals surface area contributed by atoms with Crippen LogP contribution in [-0.2, 0) is 0 Å². The molecule has 0 unspecified atom stereocenters.